The highest BCUT2D eigenvalue weighted by atomic mass is 14.9. The van der Waals surface area contributed by atoms with E-state index in [-0.39, 0.29) is 0 Å². The van der Waals surface area contributed by atoms with Crippen molar-refractivity contribution in [2.24, 2.45) is 4.99 Å². The van der Waals surface area contributed by atoms with Gasteiger partial charge in [0.05, 0.1) is 22.4 Å². The lowest BCUT2D eigenvalue weighted by atomic mass is 10.1. The van der Waals surface area contributed by atoms with E-state index in [0.717, 1.165) is 47.5 Å². The summed E-state index contributed by atoms with van der Waals surface area (Å²) in [6.45, 7) is 2.96. The van der Waals surface area contributed by atoms with Crippen LogP contribution in [0.2, 0.25) is 0 Å². The van der Waals surface area contributed by atoms with Crippen LogP contribution >= 0.6 is 0 Å². The number of nitrogens with zero attached hydrogens (tertiary/aromatic N) is 3. The van der Waals surface area contributed by atoms with Crippen molar-refractivity contribution in [3.8, 4) is 0 Å². The van der Waals surface area contributed by atoms with E-state index in [4.69, 9.17) is 9.97 Å². The van der Waals surface area contributed by atoms with E-state index in [9.17, 15) is 0 Å². The van der Waals surface area contributed by atoms with Gasteiger partial charge in [0.25, 0.3) is 0 Å². The minimum atomic E-state index is 0.851. The monoisotopic (exact) mass is 237 g/mol. The van der Waals surface area contributed by atoms with Crippen molar-refractivity contribution in [1.29, 1.82) is 0 Å². The molecule has 2 aromatic rings. The smallest absolute Gasteiger partial charge is 0.110 e. The summed E-state index contributed by atoms with van der Waals surface area (Å²) in [5, 5.41) is 0. The summed E-state index contributed by atoms with van der Waals surface area (Å²) in [7, 11) is 0. The number of aromatic nitrogens is 2. The van der Waals surface area contributed by atoms with Gasteiger partial charge in [0.1, 0.15) is 5.69 Å². The molecule has 3 nitrogen and oxygen atoms in total. The number of hydrogen-bond donors (Lipinski definition) is 0. The van der Waals surface area contributed by atoms with Gasteiger partial charge in [0.15, 0.2) is 0 Å². The highest BCUT2D eigenvalue weighted by molar-refractivity contribution is 6.09. The lowest BCUT2D eigenvalue weighted by Crippen LogP contribution is -2.10. The number of hydrogen-bond acceptors (Lipinski definition) is 3. The van der Waals surface area contributed by atoms with Gasteiger partial charge >= 0.3 is 0 Å². The molecule has 1 aromatic carbocycles. The van der Waals surface area contributed by atoms with Crippen LogP contribution in [0.3, 0.4) is 0 Å². The van der Waals surface area contributed by atoms with Gasteiger partial charge in [-0.15, -0.1) is 0 Å². The van der Waals surface area contributed by atoms with Crippen molar-refractivity contribution in [3.05, 3.63) is 47.8 Å². The minimum absolute atomic E-state index is 0.851. The summed E-state index contributed by atoms with van der Waals surface area (Å²) in [6.07, 6.45) is 6.10. The van der Waals surface area contributed by atoms with Crippen LogP contribution in [-0.2, 0) is 6.42 Å². The van der Waals surface area contributed by atoms with Gasteiger partial charge in [0, 0.05) is 6.54 Å². The third-order valence-corrected chi connectivity index (χ3v) is 3.07. The van der Waals surface area contributed by atoms with Crippen molar-refractivity contribution < 1.29 is 0 Å². The Bertz CT molecular complexity index is 641. The Hall–Kier alpha value is -2.03. The predicted octanol–water partition coefficient (Wildman–Crippen LogP) is 2.94. The molecule has 18 heavy (non-hydrogen) atoms. The van der Waals surface area contributed by atoms with E-state index in [1.54, 1.807) is 0 Å². The second-order valence-electron chi connectivity index (χ2n) is 4.32. The first-order valence-electron chi connectivity index (χ1n) is 6.35. The fourth-order valence-corrected chi connectivity index (χ4v) is 2.15. The van der Waals surface area contributed by atoms with Crippen molar-refractivity contribution >= 4 is 16.7 Å². The van der Waals surface area contributed by atoms with Crippen molar-refractivity contribution in [3.63, 3.8) is 0 Å². The summed E-state index contributed by atoms with van der Waals surface area (Å²) in [6, 6.07) is 7.99. The Morgan fingerprint density at radius 3 is 2.56 bits per heavy atom. The number of dihydropyridines is 1. The van der Waals surface area contributed by atoms with E-state index in [1.165, 1.54) is 0 Å². The van der Waals surface area contributed by atoms with Gasteiger partial charge < -0.3 is 0 Å². The number of allylic oxidation sites excluding steroid dienone is 1. The Balaban J connectivity index is 2.20. The molecule has 0 spiro atoms. The van der Waals surface area contributed by atoms with Crippen molar-refractivity contribution in [2.45, 2.75) is 19.8 Å². The van der Waals surface area contributed by atoms with Crippen LogP contribution < -0.4 is 0 Å². The van der Waals surface area contributed by atoms with E-state index >= 15 is 0 Å². The number of fused-ring (bicyclic) bond motifs is 1. The van der Waals surface area contributed by atoms with Crippen LogP contribution in [0.15, 0.2) is 41.4 Å². The SMILES string of the molecule is CCc1nc2ccccc2nc1C1=NCCC=C1. The summed E-state index contributed by atoms with van der Waals surface area (Å²) >= 11 is 0. The molecule has 0 bridgehead atoms. The first kappa shape index (κ1) is 11.1. The molecule has 0 atom stereocenters. The molecule has 0 unspecified atom stereocenters. The fourth-order valence-electron chi connectivity index (χ4n) is 2.15. The molecule has 1 aromatic heterocycles. The maximum Gasteiger partial charge on any atom is 0.110 e. The number of aliphatic imine (C=N–C) groups is 1. The third-order valence-electron chi connectivity index (χ3n) is 3.07. The molecule has 1 aliphatic heterocycles. The van der Waals surface area contributed by atoms with Gasteiger partial charge in [-0.05, 0) is 31.1 Å². The summed E-state index contributed by atoms with van der Waals surface area (Å²) in [5.41, 5.74) is 4.83. The molecule has 0 saturated heterocycles. The zero-order valence-electron chi connectivity index (χ0n) is 10.4. The Labute approximate surface area is 106 Å². The molecule has 0 fully saturated rings. The Kier molecular flexibility index (Phi) is 2.89. The van der Waals surface area contributed by atoms with Crippen LogP contribution in [0.4, 0.5) is 0 Å². The van der Waals surface area contributed by atoms with Gasteiger partial charge in [-0.1, -0.05) is 25.1 Å². The average Bonchev–Trinajstić information content (AvgIpc) is 2.46. The van der Waals surface area contributed by atoms with Crippen molar-refractivity contribution in [1.82, 2.24) is 9.97 Å². The normalized spacial score (nSPS) is 14.8. The molecule has 0 radical (unpaired) electrons. The molecule has 0 aliphatic carbocycles. The second kappa shape index (κ2) is 4.69. The maximum atomic E-state index is 4.73. The number of benzene rings is 1. The zero-order chi connectivity index (χ0) is 12.4. The fraction of sp³-hybridized carbons (Fsp3) is 0.267. The average molecular weight is 237 g/mol. The lowest BCUT2D eigenvalue weighted by Gasteiger charge is -2.10. The lowest BCUT2D eigenvalue weighted by molar-refractivity contribution is 0.977. The van der Waals surface area contributed by atoms with Crippen LogP contribution in [-0.4, -0.2) is 22.2 Å². The Morgan fingerprint density at radius 2 is 1.89 bits per heavy atom. The van der Waals surface area contributed by atoms with Crippen LogP contribution in [0.25, 0.3) is 11.0 Å². The summed E-state index contributed by atoms with van der Waals surface area (Å²) in [5.74, 6) is 0. The molecule has 1 aliphatic rings. The standard InChI is InChI=1S/C15H15N3/c1-2-11-15(14-9-5-6-10-16-14)18-13-8-4-3-7-12(13)17-11/h3-5,7-9H,2,6,10H2,1H3. The minimum Gasteiger partial charge on any atom is -0.283 e. The van der Waals surface area contributed by atoms with Gasteiger partial charge in [0.2, 0.25) is 0 Å². The molecule has 0 saturated carbocycles. The molecule has 3 rings (SSSR count). The van der Waals surface area contributed by atoms with E-state index in [2.05, 4.69) is 24.1 Å². The maximum absolute atomic E-state index is 4.73. The zero-order valence-corrected chi connectivity index (χ0v) is 10.4. The molecule has 0 amide bonds. The van der Waals surface area contributed by atoms with Crippen LogP contribution in [0, 0.1) is 0 Å². The van der Waals surface area contributed by atoms with Crippen LogP contribution in [0.5, 0.6) is 0 Å². The molecular weight excluding hydrogens is 222 g/mol. The number of para-hydroxylation sites is 2. The summed E-state index contributed by atoms with van der Waals surface area (Å²) in [4.78, 5) is 14.0. The first-order chi connectivity index (χ1) is 8.88. The number of aryl methyl sites for hydroxylation is 1. The predicted molar refractivity (Wildman–Crippen MR) is 74.1 cm³/mol. The topological polar surface area (TPSA) is 38.1 Å². The molecular formula is C15H15N3. The highest BCUT2D eigenvalue weighted by Crippen LogP contribution is 2.16. The largest absolute Gasteiger partial charge is 0.283 e. The van der Waals surface area contributed by atoms with E-state index in [1.807, 2.05) is 24.3 Å². The molecule has 3 heteroatoms. The first-order valence-corrected chi connectivity index (χ1v) is 6.35. The third kappa shape index (κ3) is 1.92. The van der Waals surface area contributed by atoms with E-state index < -0.39 is 0 Å². The quantitative estimate of drug-likeness (QED) is 0.805. The Morgan fingerprint density at radius 1 is 1.11 bits per heavy atom. The van der Waals surface area contributed by atoms with E-state index in [0.29, 0.717) is 0 Å². The molecule has 90 valence electrons. The highest BCUT2D eigenvalue weighted by Gasteiger charge is 2.12. The van der Waals surface area contributed by atoms with Gasteiger partial charge in [-0.25, -0.2) is 9.97 Å². The van der Waals surface area contributed by atoms with Crippen molar-refractivity contribution in [2.75, 3.05) is 6.54 Å². The molecule has 2 heterocycles. The van der Waals surface area contributed by atoms with Crippen LogP contribution in [0.1, 0.15) is 24.7 Å². The molecule has 0 N–H and O–H groups in total. The van der Waals surface area contributed by atoms with Gasteiger partial charge in [-0.2, -0.15) is 0 Å². The number of rotatable bonds is 2. The summed E-state index contributed by atoms with van der Waals surface area (Å²) < 4.78 is 0. The van der Waals surface area contributed by atoms with Gasteiger partial charge in [-0.3, -0.25) is 4.99 Å². The second-order valence-corrected chi connectivity index (χ2v) is 4.32.